The summed E-state index contributed by atoms with van der Waals surface area (Å²) in [6.45, 7) is 9.51. The van der Waals surface area contributed by atoms with Gasteiger partial charge in [-0.3, -0.25) is 0 Å². The molecule has 1 aliphatic heterocycles. The van der Waals surface area contributed by atoms with Crippen LogP contribution in [0.2, 0.25) is 5.02 Å². The number of halogens is 2. The third kappa shape index (κ3) is 9.14. The first-order valence-corrected chi connectivity index (χ1v) is 17.3. The summed E-state index contributed by atoms with van der Waals surface area (Å²) in [5, 5.41) is 11.5. The summed E-state index contributed by atoms with van der Waals surface area (Å²) >= 11 is 11.4. The van der Waals surface area contributed by atoms with Crippen molar-refractivity contribution in [1.82, 2.24) is 0 Å². The van der Waals surface area contributed by atoms with E-state index in [-0.39, 0.29) is 18.1 Å². The minimum atomic E-state index is -1.51. The van der Waals surface area contributed by atoms with Gasteiger partial charge in [-0.2, -0.15) is 12.6 Å². The molecule has 2 aromatic carbocycles. The highest BCUT2D eigenvalue weighted by atomic mass is 35.5. The van der Waals surface area contributed by atoms with Crippen LogP contribution in [0.15, 0.2) is 36.4 Å². The largest absolute Gasteiger partial charge is 0.491 e. The Hall–Kier alpha value is -1.43. The van der Waals surface area contributed by atoms with Crippen LogP contribution in [0.4, 0.5) is 4.39 Å². The van der Waals surface area contributed by atoms with E-state index in [0.717, 1.165) is 49.7 Å². The number of aliphatic hydroxyl groups is 1. The lowest BCUT2D eigenvalue weighted by molar-refractivity contribution is -0.405. The van der Waals surface area contributed by atoms with Crippen molar-refractivity contribution in [3.05, 3.63) is 63.9 Å². The molecule has 7 nitrogen and oxygen atoms in total. The molecule has 1 N–H and O–H groups in total. The fourth-order valence-electron chi connectivity index (χ4n) is 5.66. The second kappa shape index (κ2) is 18.8. The third-order valence-electron chi connectivity index (χ3n) is 8.22. The molecule has 2 aromatic rings. The zero-order valence-electron chi connectivity index (χ0n) is 27.5. The Kier molecular flexibility index (Phi) is 15.9. The van der Waals surface area contributed by atoms with E-state index < -0.39 is 35.5 Å². The number of rotatable bonds is 20. The first-order chi connectivity index (χ1) is 21.8. The normalized spacial score (nSPS) is 25.0. The molecule has 10 heteroatoms. The van der Waals surface area contributed by atoms with Crippen molar-refractivity contribution in [2.24, 2.45) is 0 Å². The lowest BCUT2D eigenvalue weighted by Gasteiger charge is -2.56. The van der Waals surface area contributed by atoms with Crippen molar-refractivity contribution in [3.8, 4) is 5.75 Å². The third-order valence-corrected chi connectivity index (χ3v) is 9.12. The first-order valence-electron chi connectivity index (χ1n) is 16.3. The number of unbranched alkanes of at least 4 members (excludes halogenated alkanes) is 3. The topological polar surface area (TPSA) is 75.6 Å². The van der Waals surface area contributed by atoms with Crippen LogP contribution in [0.3, 0.4) is 0 Å². The summed E-state index contributed by atoms with van der Waals surface area (Å²) in [6, 6.07) is 10.4. The van der Waals surface area contributed by atoms with Gasteiger partial charge >= 0.3 is 0 Å². The summed E-state index contributed by atoms with van der Waals surface area (Å²) in [7, 11) is 1.56. The molecule has 45 heavy (non-hydrogen) atoms. The van der Waals surface area contributed by atoms with Crippen molar-refractivity contribution in [2.75, 3.05) is 45.9 Å². The quantitative estimate of drug-likeness (QED) is 0.112. The molecule has 0 amide bonds. The van der Waals surface area contributed by atoms with Crippen molar-refractivity contribution in [1.29, 1.82) is 0 Å². The molecule has 5 atom stereocenters. The summed E-state index contributed by atoms with van der Waals surface area (Å²) in [4.78, 5) is 0. The molecular weight excluding hydrogens is 619 g/mol. The lowest BCUT2D eigenvalue weighted by atomic mass is 9.81. The van der Waals surface area contributed by atoms with Gasteiger partial charge in [0.15, 0.2) is 11.6 Å². The molecule has 1 saturated heterocycles. The molecule has 0 unspecified atom stereocenters. The van der Waals surface area contributed by atoms with E-state index in [1.54, 1.807) is 19.2 Å². The van der Waals surface area contributed by atoms with Gasteiger partial charge in [-0.05, 0) is 68.0 Å². The highest BCUT2D eigenvalue weighted by Crippen LogP contribution is 2.48. The Balaban J connectivity index is 2.15. The van der Waals surface area contributed by atoms with Crippen LogP contribution in [0.25, 0.3) is 0 Å². The van der Waals surface area contributed by atoms with Crippen LogP contribution in [0.1, 0.15) is 82.9 Å². The van der Waals surface area contributed by atoms with Crippen LogP contribution in [0.5, 0.6) is 5.75 Å². The van der Waals surface area contributed by atoms with Crippen molar-refractivity contribution in [2.45, 2.75) is 102 Å². The van der Waals surface area contributed by atoms with Crippen LogP contribution < -0.4 is 4.74 Å². The molecular formula is C35H52ClFO7S. The van der Waals surface area contributed by atoms with Crippen LogP contribution in [-0.2, 0) is 35.9 Å². The molecule has 1 aliphatic rings. The molecule has 3 rings (SSSR count). The van der Waals surface area contributed by atoms with E-state index >= 15 is 0 Å². The molecule has 0 bridgehead atoms. The van der Waals surface area contributed by atoms with Crippen molar-refractivity contribution in [3.63, 3.8) is 0 Å². The minimum Gasteiger partial charge on any atom is -0.491 e. The minimum absolute atomic E-state index is 0.145. The summed E-state index contributed by atoms with van der Waals surface area (Å²) in [5.74, 6) is -1.59. The van der Waals surface area contributed by atoms with Gasteiger partial charge in [0.25, 0.3) is 0 Å². The van der Waals surface area contributed by atoms with Crippen molar-refractivity contribution < 1.29 is 37.9 Å². The van der Waals surface area contributed by atoms with Crippen LogP contribution in [-0.4, -0.2) is 74.9 Å². The summed E-state index contributed by atoms with van der Waals surface area (Å²) in [6.07, 6.45) is 3.64. The number of methoxy groups -OCH3 is 1. The Morgan fingerprint density at radius 3 is 2.11 bits per heavy atom. The first kappa shape index (κ1) is 38.0. The average molecular weight is 671 g/mol. The van der Waals surface area contributed by atoms with Gasteiger partial charge < -0.3 is 33.5 Å². The zero-order chi connectivity index (χ0) is 32.9. The maximum atomic E-state index is 14.7. The predicted octanol–water partition coefficient (Wildman–Crippen LogP) is 7.51. The fourth-order valence-corrected chi connectivity index (χ4v) is 6.19. The number of thiol groups is 1. The standard InChI is InChI=1S/C35H52ClFO7S/c1-6-10-17-41-31-32(42-18-11-7-2)34(23-38,24-45)44-35(39-5,33(31)43-19-12-8-3)27-14-15-28(36)26(22-27)20-25-13-16-30(40-9-4)29(37)21-25/h13-16,21-22,31-33,38,45H,6-12,17-20,23-24H2,1-5H3/t31-,32-,33+,34-,35-/m0/s1. The second-order valence-corrected chi connectivity index (χ2v) is 12.2. The molecule has 254 valence electrons. The number of ether oxygens (including phenoxy) is 6. The smallest absolute Gasteiger partial charge is 0.225 e. The average Bonchev–Trinajstić information content (AvgIpc) is 3.04. The SMILES string of the molecule is CCCCO[C@@H]1[C@@H](OCCCC)[C@](OC)(c2ccc(Cl)c(Cc3ccc(OCC)c(F)c3)c2)O[C@@](CO)(CS)[C@H]1OCCCC. The summed E-state index contributed by atoms with van der Waals surface area (Å²) in [5.41, 5.74) is 0.835. The van der Waals surface area contributed by atoms with Gasteiger partial charge in [-0.25, -0.2) is 4.39 Å². The Labute approximate surface area is 279 Å². The van der Waals surface area contributed by atoms with Crippen molar-refractivity contribution >= 4 is 24.2 Å². The van der Waals surface area contributed by atoms with E-state index in [1.807, 2.05) is 25.1 Å². The molecule has 1 fully saturated rings. The van der Waals surface area contributed by atoms with Gasteiger partial charge in [0, 0.05) is 43.3 Å². The van der Waals surface area contributed by atoms with Gasteiger partial charge in [0.2, 0.25) is 5.79 Å². The number of benzene rings is 2. The summed E-state index contributed by atoms with van der Waals surface area (Å²) < 4.78 is 53.1. The maximum Gasteiger partial charge on any atom is 0.225 e. The Morgan fingerprint density at radius 1 is 0.911 bits per heavy atom. The Morgan fingerprint density at radius 2 is 1.56 bits per heavy atom. The molecule has 0 aliphatic carbocycles. The van der Waals surface area contributed by atoms with Gasteiger partial charge in [-0.1, -0.05) is 63.8 Å². The Bertz CT molecular complexity index is 1170. The highest BCUT2D eigenvalue weighted by Gasteiger charge is 2.64. The van der Waals surface area contributed by atoms with Crippen LogP contribution >= 0.6 is 24.2 Å². The fraction of sp³-hybridized carbons (Fsp3) is 0.657. The predicted molar refractivity (Wildman–Crippen MR) is 179 cm³/mol. The van der Waals surface area contributed by atoms with E-state index in [9.17, 15) is 9.50 Å². The number of hydrogen-bond acceptors (Lipinski definition) is 8. The molecule has 0 spiro atoms. The monoisotopic (exact) mass is 670 g/mol. The number of hydrogen-bond donors (Lipinski definition) is 2. The van der Waals surface area contributed by atoms with Crippen LogP contribution in [0, 0.1) is 5.82 Å². The molecule has 1 heterocycles. The molecule has 0 aromatic heterocycles. The molecule has 0 saturated carbocycles. The highest BCUT2D eigenvalue weighted by molar-refractivity contribution is 7.80. The molecule has 0 radical (unpaired) electrons. The van der Waals surface area contributed by atoms with E-state index in [2.05, 4.69) is 33.4 Å². The number of aliphatic hydroxyl groups excluding tert-OH is 1. The van der Waals surface area contributed by atoms with Gasteiger partial charge in [0.1, 0.15) is 23.9 Å². The second-order valence-electron chi connectivity index (χ2n) is 11.5. The van der Waals surface area contributed by atoms with Gasteiger partial charge in [-0.15, -0.1) is 0 Å². The zero-order valence-corrected chi connectivity index (χ0v) is 29.1. The van der Waals surface area contributed by atoms with Gasteiger partial charge in [0.05, 0.1) is 13.2 Å². The lowest BCUT2D eigenvalue weighted by Crippen LogP contribution is -2.72. The maximum absolute atomic E-state index is 14.7. The van der Waals surface area contributed by atoms with E-state index in [4.69, 9.17) is 40.0 Å². The van der Waals surface area contributed by atoms with E-state index in [0.29, 0.717) is 43.4 Å². The van der Waals surface area contributed by atoms with E-state index in [1.165, 1.54) is 6.07 Å².